The van der Waals surface area contributed by atoms with Crippen molar-refractivity contribution < 1.29 is 23.0 Å². The lowest BCUT2D eigenvalue weighted by Crippen LogP contribution is -2.26. The number of aromatic nitrogens is 3. The van der Waals surface area contributed by atoms with Gasteiger partial charge in [0.05, 0.1) is 11.9 Å². The zero-order valence-corrected chi connectivity index (χ0v) is 14.9. The first-order valence-corrected chi connectivity index (χ1v) is 8.42. The lowest BCUT2D eigenvalue weighted by atomic mass is 10.2. The van der Waals surface area contributed by atoms with E-state index in [2.05, 4.69) is 35.5 Å². The van der Waals surface area contributed by atoms with Crippen LogP contribution in [0.15, 0.2) is 30.5 Å². The summed E-state index contributed by atoms with van der Waals surface area (Å²) in [6.45, 7) is 1.73. The molecule has 0 unspecified atom stereocenters. The highest BCUT2D eigenvalue weighted by atomic mass is 19.3. The number of carbonyl (C=O) groups is 1. The van der Waals surface area contributed by atoms with Gasteiger partial charge in [0, 0.05) is 19.5 Å². The van der Waals surface area contributed by atoms with Gasteiger partial charge in [0.2, 0.25) is 5.91 Å². The van der Waals surface area contributed by atoms with E-state index in [1.807, 2.05) is 0 Å². The molecule has 1 aromatic carbocycles. The Balaban J connectivity index is 1.73. The predicted molar refractivity (Wildman–Crippen MR) is 97.4 cm³/mol. The first-order valence-electron chi connectivity index (χ1n) is 8.42. The molecule has 1 aliphatic rings. The molecule has 0 spiro atoms. The van der Waals surface area contributed by atoms with Crippen LogP contribution in [0.3, 0.4) is 0 Å². The first kappa shape index (κ1) is 17.8. The first-order chi connectivity index (χ1) is 13.4. The van der Waals surface area contributed by atoms with Crippen LogP contribution in [0, 0.1) is 0 Å². The summed E-state index contributed by atoms with van der Waals surface area (Å²) >= 11 is 0. The number of anilines is 4. The van der Waals surface area contributed by atoms with Gasteiger partial charge in [-0.05, 0) is 12.1 Å². The largest absolute Gasteiger partial charge is 0.586 e. The normalized spacial score (nSPS) is 14.1. The number of fused-ring (bicyclic) bond motifs is 2. The molecular formula is C17H16F2N6O3. The van der Waals surface area contributed by atoms with Crippen molar-refractivity contribution >= 4 is 34.6 Å². The van der Waals surface area contributed by atoms with Gasteiger partial charge in [0.15, 0.2) is 17.1 Å². The smallest absolute Gasteiger partial charge is 0.395 e. The van der Waals surface area contributed by atoms with Gasteiger partial charge in [-0.2, -0.15) is 9.61 Å². The maximum atomic E-state index is 13.4. The number of hydrogen-bond donors (Lipinski definition) is 3. The molecule has 3 heterocycles. The molecule has 11 heteroatoms. The topological polar surface area (TPSA) is 102 Å². The fourth-order valence-corrected chi connectivity index (χ4v) is 2.74. The summed E-state index contributed by atoms with van der Waals surface area (Å²) in [4.78, 5) is 16.2. The molecule has 0 aliphatic carbocycles. The molecule has 0 atom stereocenters. The predicted octanol–water partition coefficient (Wildman–Crippen LogP) is 3.18. The Morgan fingerprint density at radius 2 is 2.11 bits per heavy atom. The lowest BCUT2D eigenvalue weighted by molar-refractivity contribution is -0.286. The van der Waals surface area contributed by atoms with Crippen LogP contribution >= 0.6 is 0 Å². The molecule has 4 rings (SSSR count). The number of ether oxygens (including phenoxy) is 2. The van der Waals surface area contributed by atoms with E-state index in [1.165, 1.54) is 16.8 Å². The van der Waals surface area contributed by atoms with Gasteiger partial charge in [-0.25, -0.2) is 4.98 Å². The lowest BCUT2D eigenvalue weighted by Gasteiger charge is -2.12. The van der Waals surface area contributed by atoms with Crippen molar-refractivity contribution in [1.29, 1.82) is 0 Å². The van der Waals surface area contributed by atoms with Gasteiger partial charge in [-0.15, -0.1) is 8.78 Å². The summed E-state index contributed by atoms with van der Waals surface area (Å²) < 4.78 is 37.4. The summed E-state index contributed by atoms with van der Waals surface area (Å²) in [6.07, 6.45) is -1.94. The Morgan fingerprint density at radius 1 is 1.29 bits per heavy atom. The van der Waals surface area contributed by atoms with E-state index in [4.69, 9.17) is 0 Å². The number of rotatable bonds is 5. The van der Waals surface area contributed by atoms with Crippen molar-refractivity contribution in [3.05, 3.63) is 30.5 Å². The SMILES string of the molecule is CCC(=O)Nc1cnn2c(NC)cc(Nc3cccc4c3OC(F)(F)O4)nc12. The molecular weight excluding hydrogens is 374 g/mol. The van der Waals surface area contributed by atoms with Gasteiger partial charge < -0.3 is 25.4 Å². The highest BCUT2D eigenvalue weighted by Gasteiger charge is 2.44. The highest BCUT2D eigenvalue weighted by Crippen LogP contribution is 2.46. The Morgan fingerprint density at radius 3 is 2.86 bits per heavy atom. The van der Waals surface area contributed by atoms with E-state index < -0.39 is 6.29 Å². The van der Waals surface area contributed by atoms with Crippen molar-refractivity contribution in [3.63, 3.8) is 0 Å². The third kappa shape index (κ3) is 3.10. The molecule has 0 saturated carbocycles. The van der Waals surface area contributed by atoms with Crippen molar-refractivity contribution in [2.45, 2.75) is 19.6 Å². The molecule has 1 amide bonds. The number of carbonyl (C=O) groups excluding carboxylic acids is 1. The number of halogens is 2. The molecule has 0 bridgehead atoms. The molecule has 0 saturated heterocycles. The second kappa shape index (κ2) is 6.51. The van der Waals surface area contributed by atoms with Crippen LogP contribution in [0.1, 0.15) is 13.3 Å². The summed E-state index contributed by atoms with van der Waals surface area (Å²) in [7, 11) is 1.70. The van der Waals surface area contributed by atoms with Crippen LogP contribution in [0.2, 0.25) is 0 Å². The van der Waals surface area contributed by atoms with Crippen molar-refractivity contribution in [2.24, 2.45) is 0 Å². The van der Waals surface area contributed by atoms with E-state index in [9.17, 15) is 13.6 Å². The second-order valence-corrected chi connectivity index (χ2v) is 5.90. The minimum absolute atomic E-state index is 0.0785. The van der Waals surface area contributed by atoms with E-state index in [1.54, 1.807) is 32.2 Å². The molecule has 28 heavy (non-hydrogen) atoms. The average molecular weight is 390 g/mol. The number of amides is 1. The van der Waals surface area contributed by atoms with Crippen LogP contribution in [-0.2, 0) is 4.79 Å². The summed E-state index contributed by atoms with van der Waals surface area (Å²) in [5, 5.41) is 12.9. The monoisotopic (exact) mass is 390 g/mol. The van der Waals surface area contributed by atoms with Crippen molar-refractivity contribution in [1.82, 2.24) is 14.6 Å². The summed E-state index contributed by atoms with van der Waals surface area (Å²) in [6, 6.07) is 6.13. The maximum absolute atomic E-state index is 13.4. The summed E-state index contributed by atoms with van der Waals surface area (Å²) in [5.41, 5.74) is 1.06. The molecule has 3 N–H and O–H groups in total. The Hall–Kier alpha value is -3.63. The van der Waals surface area contributed by atoms with Gasteiger partial charge in [-0.3, -0.25) is 4.79 Å². The van der Waals surface area contributed by atoms with Crippen LogP contribution in [0.5, 0.6) is 11.5 Å². The van der Waals surface area contributed by atoms with E-state index in [0.717, 1.165) is 0 Å². The minimum atomic E-state index is -3.73. The quantitative estimate of drug-likeness (QED) is 0.615. The third-order valence-corrected chi connectivity index (χ3v) is 4.01. The number of alkyl halides is 2. The van der Waals surface area contributed by atoms with Gasteiger partial charge in [0.25, 0.3) is 0 Å². The second-order valence-electron chi connectivity index (χ2n) is 5.90. The van der Waals surface area contributed by atoms with Crippen molar-refractivity contribution in [3.8, 4) is 11.5 Å². The zero-order chi connectivity index (χ0) is 19.9. The Kier molecular flexibility index (Phi) is 4.13. The van der Waals surface area contributed by atoms with E-state index in [-0.39, 0.29) is 23.1 Å². The standard InChI is InChI=1S/C17H16F2N6O3/c1-3-14(26)23-10-8-21-25-13(20-2)7-12(24-16(10)25)22-9-5-4-6-11-15(9)28-17(18,19)27-11/h4-8,20H,3H2,1-2H3,(H,22,24)(H,23,26). The van der Waals surface area contributed by atoms with Gasteiger partial charge >= 0.3 is 6.29 Å². The van der Waals surface area contributed by atoms with Crippen LogP contribution < -0.4 is 25.4 Å². The third-order valence-electron chi connectivity index (χ3n) is 4.01. The number of nitrogens with one attached hydrogen (secondary N) is 3. The molecule has 9 nitrogen and oxygen atoms in total. The fourth-order valence-electron chi connectivity index (χ4n) is 2.74. The number of benzene rings is 1. The van der Waals surface area contributed by atoms with E-state index >= 15 is 0 Å². The molecule has 146 valence electrons. The molecule has 0 radical (unpaired) electrons. The molecule has 0 fully saturated rings. The van der Waals surface area contributed by atoms with Crippen LogP contribution in [0.25, 0.3) is 5.65 Å². The van der Waals surface area contributed by atoms with Crippen molar-refractivity contribution in [2.75, 3.05) is 23.0 Å². The zero-order valence-electron chi connectivity index (χ0n) is 14.9. The number of nitrogens with zero attached hydrogens (tertiary/aromatic N) is 3. The number of hydrogen-bond acceptors (Lipinski definition) is 7. The number of para-hydroxylation sites is 1. The minimum Gasteiger partial charge on any atom is -0.395 e. The maximum Gasteiger partial charge on any atom is 0.586 e. The Labute approximate surface area is 157 Å². The molecule has 2 aromatic heterocycles. The highest BCUT2D eigenvalue weighted by molar-refractivity contribution is 5.94. The van der Waals surface area contributed by atoms with E-state index in [0.29, 0.717) is 29.4 Å². The average Bonchev–Trinajstić information content (AvgIpc) is 3.21. The van der Waals surface area contributed by atoms with Crippen LogP contribution in [-0.4, -0.2) is 33.8 Å². The Bertz CT molecular complexity index is 1070. The summed E-state index contributed by atoms with van der Waals surface area (Å²) in [5.74, 6) is 0.518. The van der Waals surface area contributed by atoms with Gasteiger partial charge in [0.1, 0.15) is 17.3 Å². The molecule has 3 aromatic rings. The van der Waals surface area contributed by atoms with Gasteiger partial charge in [-0.1, -0.05) is 13.0 Å². The fraction of sp³-hybridized carbons (Fsp3) is 0.235. The van der Waals surface area contributed by atoms with Crippen LogP contribution in [0.4, 0.5) is 31.8 Å². The molecule has 1 aliphatic heterocycles.